The highest BCUT2D eigenvalue weighted by molar-refractivity contribution is 5.79. The number of nitrogens with zero attached hydrogens (tertiary/aromatic N) is 2. The fourth-order valence-corrected chi connectivity index (χ4v) is 4.70. The minimum absolute atomic E-state index is 0.0658. The van der Waals surface area contributed by atoms with E-state index in [-0.39, 0.29) is 17.4 Å². The molecule has 2 aliphatic heterocycles. The zero-order valence-corrected chi connectivity index (χ0v) is 15.6. The number of amides is 1. The number of ether oxygens (including phenoxy) is 2. The summed E-state index contributed by atoms with van der Waals surface area (Å²) in [7, 11) is 0. The monoisotopic (exact) mass is 374 g/mol. The molecule has 1 spiro atoms. The van der Waals surface area contributed by atoms with Crippen LogP contribution < -0.4 is 4.74 Å². The number of rotatable bonds is 5. The number of hydrogen-bond donors (Lipinski definition) is 0. The van der Waals surface area contributed by atoms with E-state index in [9.17, 15) is 9.18 Å². The quantitative estimate of drug-likeness (QED) is 0.742. The van der Waals surface area contributed by atoms with E-state index < -0.39 is 5.82 Å². The first-order valence-electron chi connectivity index (χ1n) is 9.99. The van der Waals surface area contributed by atoms with Crippen LogP contribution in [0, 0.1) is 17.7 Å². The molecule has 1 aliphatic carbocycles. The maximum absolute atomic E-state index is 13.6. The Morgan fingerprint density at radius 2 is 2.11 bits per heavy atom. The van der Waals surface area contributed by atoms with Gasteiger partial charge in [-0.15, -0.1) is 0 Å². The van der Waals surface area contributed by atoms with E-state index in [4.69, 9.17) is 9.47 Å². The zero-order valence-electron chi connectivity index (χ0n) is 15.6. The first kappa shape index (κ1) is 18.4. The summed E-state index contributed by atoms with van der Waals surface area (Å²) < 4.78 is 25.4. The molecule has 0 saturated carbocycles. The van der Waals surface area contributed by atoms with Crippen LogP contribution in [0.25, 0.3) is 0 Å². The van der Waals surface area contributed by atoms with Crippen molar-refractivity contribution in [3.8, 4) is 5.88 Å². The van der Waals surface area contributed by atoms with Gasteiger partial charge in [0, 0.05) is 31.8 Å². The third-order valence-corrected chi connectivity index (χ3v) is 6.31. The van der Waals surface area contributed by atoms with Crippen LogP contribution in [0.3, 0.4) is 0 Å². The van der Waals surface area contributed by atoms with Crippen molar-refractivity contribution in [2.45, 2.75) is 44.1 Å². The highest BCUT2D eigenvalue weighted by Crippen LogP contribution is 2.42. The Morgan fingerprint density at radius 1 is 1.33 bits per heavy atom. The molecular weight excluding hydrogens is 347 g/mol. The van der Waals surface area contributed by atoms with Crippen LogP contribution in [0.4, 0.5) is 4.39 Å². The van der Waals surface area contributed by atoms with E-state index in [1.807, 2.05) is 4.90 Å². The molecule has 1 aromatic heterocycles. The number of halogens is 1. The minimum Gasteiger partial charge on any atom is -0.476 e. The Bertz CT molecular complexity index is 692. The summed E-state index contributed by atoms with van der Waals surface area (Å²) in [6.07, 6.45) is 11.1. The van der Waals surface area contributed by atoms with Crippen molar-refractivity contribution in [3.05, 3.63) is 36.3 Å². The Kier molecular flexibility index (Phi) is 5.43. The smallest absolute Gasteiger partial charge is 0.250 e. The van der Waals surface area contributed by atoms with Gasteiger partial charge in [-0.1, -0.05) is 12.2 Å². The predicted molar refractivity (Wildman–Crippen MR) is 98.8 cm³/mol. The molecule has 0 aromatic carbocycles. The lowest BCUT2D eigenvalue weighted by molar-refractivity contribution is -0.141. The van der Waals surface area contributed by atoms with E-state index in [0.717, 1.165) is 58.2 Å². The van der Waals surface area contributed by atoms with E-state index in [0.29, 0.717) is 18.4 Å². The van der Waals surface area contributed by atoms with Crippen molar-refractivity contribution in [2.75, 3.05) is 26.3 Å². The standard InChI is InChI=1S/C21H27FN2O3/c22-18-6-3-11-23-19(18)26-14-7-17-8-15-27-21(17)9-12-24(13-10-21)20(25)16-4-1-2-5-16/h1-3,6,11,16-17H,4-5,7-10,12-15H2. The van der Waals surface area contributed by atoms with Crippen LogP contribution in [-0.2, 0) is 9.53 Å². The van der Waals surface area contributed by atoms with Gasteiger partial charge in [0.1, 0.15) is 0 Å². The maximum atomic E-state index is 13.6. The molecular formula is C21H27FN2O3. The molecule has 0 N–H and O–H groups in total. The maximum Gasteiger partial charge on any atom is 0.250 e. The number of allylic oxidation sites excluding steroid dienone is 2. The Balaban J connectivity index is 1.29. The average molecular weight is 374 g/mol. The topological polar surface area (TPSA) is 51.7 Å². The molecule has 4 rings (SSSR count). The fourth-order valence-electron chi connectivity index (χ4n) is 4.70. The number of piperidine rings is 1. The second-order valence-electron chi connectivity index (χ2n) is 7.79. The molecule has 1 amide bonds. The summed E-state index contributed by atoms with van der Waals surface area (Å²) in [5.41, 5.74) is -0.156. The van der Waals surface area contributed by atoms with Gasteiger partial charge in [0.2, 0.25) is 11.8 Å². The van der Waals surface area contributed by atoms with Gasteiger partial charge in [-0.05, 0) is 56.6 Å². The molecule has 3 aliphatic rings. The van der Waals surface area contributed by atoms with Crippen LogP contribution in [0.15, 0.2) is 30.5 Å². The van der Waals surface area contributed by atoms with Crippen molar-refractivity contribution >= 4 is 5.91 Å². The molecule has 1 unspecified atom stereocenters. The SMILES string of the molecule is O=C(C1CC=CC1)N1CCC2(CC1)OCCC2CCOc1ncccc1F. The van der Waals surface area contributed by atoms with Crippen LogP contribution >= 0.6 is 0 Å². The molecule has 0 radical (unpaired) electrons. The second kappa shape index (κ2) is 7.97. The average Bonchev–Trinajstić information content (AvgIpc) is 3.35. The summed E-state index contributed by atoms with van der Waals surface area (Å²) in [6, 6.07) is 2.91. The predicted octanol–water partition coefficient (Wildman–Crippen LogP) is 3.35. The van der Waals surface area contributed by atoms with Gasteiger partial charge in [-0.2, -0.15) is 0 Å². The van der Waals surface area contributed by atoms with Gasteiger partial charge in [-0.25, -0.2) is 9.37 Å². The number of carbonyl (C=O) groups excluding carboxylic acids is 1. The van der Waals surface area contributed by atoms with E-state index >= 15 is 0 Å². The number of hydrogen-bond acceptors (Lipinski definition) is 4. The van der Waals surface area contributed by atoms with Gasteiger partial charge in [0.25, 0.3) is 0 Å². The molecule has 2 saturated heterocycles. The number of aromatic nitrogens is 1. The first-order chi connectivity index (χ1) is 13.2. The first-order valence-corrected chi connectivity index (χ1v) is 9.99. The lowest BCUT2D eigenvalue weighted by Crippen LogP contribution is -2.50. The normalized spacial score (nSPS) is 24.6. The van der Waals surface area contributed by atoms with Crippen molar-refractivity contribution in [1.82, 2.24) is 9.88 Å². The Morgan fingerprint density at radius 3 is 2.85 bits per heavy atom. The molecule has 5 nitrogen and oxygen atoms in total. The third-order valence-electron chi connectivity index (χ3n) is 6.31. The summed E-state index contributed by atoms with van der Waals surface area (Å²) in [5.74, 6) is 0.452. The summed E-state index contributed by atoms with van der Waals surface area (Å²) >= 11 is 0. The van der Waals surface area contributed by atoms with Gasteiger partial charge < -0.3 is 14.4 Å². The lowest BCUT2D eigenvalue weighted by Gasteiger charge is -2.42. The molecule has 2 fully saturated rings. The number of carbonyl (C=O) groups is 1. The lowest BCUT2D eigenvalue weighted by atomic mass is 9.78. The Hall–Kier alpha value is -1.95. The van der Waals surface area contributed by atoms with Gasteiger partial charge in [-0.3, -0.25) is 4.79 Å². The van der Waals surface area contributed by atoms with Crippen LogP contribution in [0.2, 0.25) is 0 Å². The van der Waals surface area contributed by atoms with Crippen molar-refractivity contribution in [1.29, 1.82) is 0 Å². The molecule has 1 aromatic rings. The molecule has 6 heteroatoms. The van der Waals surface area contributed by atoms with Crippen molar-refractivity contribution < 1.29 is 18.7 Å². The fraction of sp³-hybridized carbons (Fsp3) is 0.619. The Labute approximate surface area is 159 Å². The van der Waals surface area contributed by atoms with Gasteiger partial charge in [0.05, 0.1) is 12.2 Å². The molecule has 1 atom stereocenters. The van der Waals surface area contributed by atoms with Crippen molar-refractivity contribution in [3.63, 3.8) is 0 Å². The van der Waals surface area contributed by atoms with E-state index in [2.05, 4.69) is 17.1 Å². The van der Waals surface area contributed by atoms with Crippen molar-refractivity contribution in [2.24, 2.45) is 11.8 Å². The molecule has 3 heterocycles. The highest BCUT2D eigenvalue weighted by Gasteiger charge is 2.46. The number of likely N-dealkylation sites (tertiary alicyclic amines) is 1. The van der Waals surface area contributed by atoms with Gasteiger partial charge in [0.15, 0.2) is 5.82 Å². The minimum atomic E-state index is -0.428. The van der Waals surface area contributed by atoms with Crippen LogP contribution in [0.1, 0.15) is 38.5 Å². The second-order valence-corrected chi connectivity index (χ2v) is 7.79. The largest absolute Gasteiger partial charge is 0.476 e. The van der Waals surface area contributed by atoms with Gasteiger partial charge >= 0.3 is 0 Å². The summed E-state index contributed by atoms with van der Waals surface area (Å²) in [6.45, 7) is 2.71. The molecule has 0 bridgehead atoms. The summed E-state index contributed by atoms with van der Waals surface area (Å²) in [4.78, 5) is 18.6. The third kappa shape index (κ3) is 3.86. The zero-order chi connectivity index (χ0) is 18.7. The van der Waals surface area contributed by atoms with Crippen LogP contribution in [0.5, 0.6) is 5.88 Å². The van der Waals surface area contributed by atoms with E-state index in [1.165, 1.54) is 12.3 Å². The number of pyridine rings is 1. The highest BCUT2D eigenvalue weighted by atomic mass is 19.1. The van der Waals surface area contributed by atoms with E-state index in [1.54, 1.807) is 6.07 Å². The van der Waals surface area contributed by atoms with Crippen LogP contribution in [-0.4, -0.2) is 47.7 Å². The summed E-state index contributed by atoms with van der Waals surface area (Å²) in [5, 5.41) is 0. The molecule has 27 heavy (non-hydrogen) atoms. The molecule has 146 valence electrons.